The van der Waals surface area contributed by atoms with Gasteiger partial charge in [-0.25, -0.2) is 9.98 Å². The maximum atomic E-state index is 5.51. The normalized spacial score (nSPS) is 16.1. The Kier molecular flexibility index (Phi) is 4.71. The zero-order chi connectivity index (χ0) is 16.1. The predicted molar refractivity (Wildman–Crippen MR) is 89.7 cm³/mol. The monoisotopic (exact) mass is 310 g/mol. The van der Waals surface area contributed by atoms with E-state index in [1.54, 1.807) is 14.2 Å². The van der Waals surface area contributed by atoms with Gasteiger partial charge in [-0.2, -0.15) is 0 Å². The van der Waals surface area contributed by atoms with Crippen LogP contribution < -0.4 is 19.5 Å². The zero-order valence-corrected chi connectivity index (χ0v) is 13.6. The highest BCUT2D eigenvalue weighted by molar-refractivity contribution is 6.11. The van der Waals surface area contributed by atoms with E-state index in [2.05, 4.69) is 22.1 Å². The van der Waals surface area contributed by atoms with Crippen LogP contribution in [0, 0.1) is 0 Å². The Balaban J connectivity index is 2.00. The molecule has 3 rings (SSSR count). The van der Waals surface area contributed by atoms with Crippen LogP contribution in [0.15, 0.2) is 48.3 Å². The Labute approximate surface area is 136 Å². The molecule has 0 aliphatic carbocycles. The van der Waals surface area contributed by atoms with Crippen LogP contribution >= 0.6 is 0 Å². The molecule has 0 saturated carbocycles. The number of hydrogen-bond donors (Lipinski definition) is 1. The molecule has 0 spiro atoms. The highest BCUT2D eigenvalue weighted by atomic mass is 16.5. The molecule has 0 bridgehead atoms. The van der Waals surface area contributed by atoms with Crippen molar-refractivity contribution in [2.24, 2.45) is 0 Å². The highest BCUT2D eigenvalue weighted by Gasteiger charge is 2.22. The summed E-state index contributed by atoms with van der Waals surface area (Å²) in [6.45, 7) is 1.00. The lowest BCUT2D eigenvalue weighted by Crippen LogP contribution is -2.75. The molecule has 0 atom stereocenters. The third-order valence-electron chi connectivity index (χ3n) is 4.01. The van der Waals surface area contributed by atoms with Crippen molar-refractivity contribution < 1.29 is 19.5 Å². The van der Waals surface area contributed by atoms with Gasteiger partial charge >= 0.3 is 0 Å². The lowest BCUT2D eigenvalue weighted by Gasteiger charge is -2.12. The van der Waals surface area contributed by atoms with Crippen molar-refractivity contribution in [2.45, 2.75) is 12.8 Å². The minimum absolute atomic E-state index is 0.799. The summed E-state index contributed by atoms with van der Waals surface area (Å²) in [5.41, 5.74) is 4.71. The standard InChI is InChI=1S/C19H20N2O2/c1-22-17-8-7-14(18(12-17)23-2)11-15-5-4-10-21-19(15)16-6-3-9-20-13-16/h3,6-9,11-13H,4-5,10H2,1-2H3/p+2/b15-11+. The van der Waals surface area contributed by atoms with Gasteiger partial charge in [0.2, 0.25) is 5.71 Å². The summed E-state index contributed by atoms with van der Waals surface area (Å²) in [6.07, 6.45) is 8.32. The average molecular weight is 310 g/mol. The molecule has 1 aliphatic heterocycles. The molecule has 4 heteroatoms. The number of methoxy groups -OCH3 is 2. The molecular weight excluding hydrogens is 288 g/mol. The first-order valence-corrected chi connectivity index (χ1v) is 7.82. The van der Waals surface area contributed by atoms with E-state index in [1.165, 1.54) is 16.8 Å². The average Bonchev–Trinajstić information content (AvgIpc) is 2.63. The molecule has 2 heterocycles. The molecule has 1 aromatic heterocycles. The topological polar surface area (TPSA) is 46.6 Å². The first kappa shape index (κ1) is 15.3. The minimum atomic E-state index is 0.799. The number of rotatable bonds is 4. The Morgan fingerprint density at radius 2 is 2.04 bits per heavy atom. The van der Waals surface area contributed by atoms with E-state index in [1.807, 2.05) is 36.7 Å². The summed E-state index contributed by atoms with van der Waals surface area (Å²) in [5.74, 6) is 1.62. The van der Waals surface area contributed by atoms with Crippen molar-refractivity contribution in [2.75, 3.05) is 20.8 Å². The number of nitrogens with one attached hydrogen (secondary N) is 2. The van der Waals surface area contributed by atoms with E-state index in [0.717, 1.165) is 36.4 Å². The molecule has 0 saturated heterocycles. The Morgan fingerprint density at radius 1 is 1.13 bits per heavy atom. The SMILES string of the molecule is COc1ccc(/C=C2\CCC[NH+]=C2c2ccc[nH+]c2)c(OC)c1. The van der Waals surface area contributed by atoms with Crippen molar-refractivity contribution in [3.8, 4) is 11.5 Å². The van der Waals surface area contributed by atoms with Crippen LogP contribution in [0.4, 0.5) is 0 Å². The maximum absolute atomic E-state index is 5.51. The lowest BCUT2D eigenvalue weighted by atomic mass is 9.94. The van der Waals surface area contributed by atoms with Crippen molar-refractivity contribution in [1.82, 2.24) is 0 Å². The lowest BCUT2D eigenvalue weighted by molar-refractivity contribution is -0.460. The quantitative estimate of drug-likeness (QED) is 0.924. The molecule has 0 radical (unpaired) electrons. The molecule has 4 nitrogen and oxygen atoms in total. The molecule has 0 fully saturated rings. The second kappa shape index (κ2) is 7.09. The number of aromatic amines is 1. The Hall–Kier alpha value is -2.62. The Bertz CT molecular complexity index is 736. The molecule has 0 amide bonds. The van der Waals surface area contributed by atoms with E-state index in [4.69, 9.17) is 9.47 Å². The van der Waals surface area contributed by atoms with Gasteiger partial charge in [-0.3, -0.25) is 0 Å². The van der Waals surface area contributed by atoms with Gasteiger partial charge in [0.05, 0.1) is 14.2 Å². The highest BCUT2D eigenvalue weighted by Crippen LogP contribution is 2.28. The van der Waals surface area contributed by atoms with E-state index in [9.17, 15) is 0 Å². The number of hydrogen-bond acceptors (Lipinski definition) is 2. The number of benzene rings is 1. The smallest absolute Gasteiger partial charge is 0.214 e. The van der Waals surface area contributed by atoms with Crippen LogP contribution in [0.3, 0.4) is 0 Å². The first-order chi connectivity index (χ1) is 11.3. The van der Waals surface area contributed by atoms with Gasteiger partial charge in [-0.1, -0.05) is 0 Å². The number of ether oxygens (including phenoxy) is 2. The van der Waals surface area contributed by atoms with Crippen LogP contribution in [0.25, 0.3) is 6.08 Å². The number of aromatic nitrogens is 1. The van der Waals surface area contributed by atoms with Gasteiger partial charge in [-0.15, -0.1) is 0 Å². The van der Waals surface area contributed by atoms with Crippen molar-refractivity contribution in [3.05, 3.63) is 59.4 Å². The van der Waals surface area contributed by atoms with Crippen molar-refractivity contribution in [3.63, 3.8) is 0 Å². The number of H-pyrrole nitrogens is 1. The van der Waals surface area contributed by atoms with Gasteiger partial charge in [0, 0.05) is 29.7 Å². The van der Waals surface area contributed by atoms with E-state index >= 15 is 0 Å². The van der Waals surface area contributed by atoms with E-state index in [-0.39, 0.29) is 0 Å². The number of allylic oxidation sites excluding steroid dienone is 1. The van der Waals surface area contributed by atoms with Crippen molar-refractivity contribution in [1.29, 1.82) is 0 Å². The predicted octanol–water partition coefficient (Wildman–Crippen LogP) is 1.26. The molecule has 0 unspecified atom stereocenters. The van der Waals surface area contributed by atoms with Gasteiger partial charge in [0.25, 0.3) is 0 Å². The third kappa shape index (κ3) is 3.42. The minimum Gasteiger partial charge on any atom is -0.497 e. The fraction of sp³-hybridized carbons (Fsp3) is 0.263. The van der Waals surface area contributed by atoms with Crippen molar-refractivity contribution >= 4 is 11.8 Å². The molecule has 23 heavy (non-hydrogen) atoms. The largest absolute Gasteiger partial charge is 0.497 e. The fourth-order valence-electron chi connectivity index (χ4n) is 2.84. The van der Waals surface area contributed by atoms with Crippen LogP contribution in [-0.2, 0) is 0 Å². The molecule has 118 valence electrons. The third-order valence-corrected chi connectivity index (χ3v) is 4.01. The van der Waals surface area contributed by atoms with Crippen LogP contribution in [-0.4, -0.2) is 26.5 Å². The van der Waals surface area contributed by atoms with E-state index in [0.29, 0.717) is 0 Å². The van der Waals surface area contributed by atoms with Crippen LogP contribution in [0.1, 0.15) is 24.0 Å². The van der Waals surface area contributed by atoms with Crippen LogP contribution in [0.5, 0.6) is 11.5 Å². The van der Waals surface area contributed by atoms with Gasteiger partial charge in [0.15, 0.2) is 12.4 Å². The maximum Gasteiger partial charge on any atom is 0.214 e. The second-order valence-corrected chi connectivity index (χ2v) is 5.47. The summed E-state index contributed by atoms with van der Waals surface area (Å²) in [4.78, 5) is 6.68. The summed E-state index contributed by atoms with van der Waals surface area (Å²) < 4.78 is 10.8. The van der Waals surface area contributed by atoms with Crippen LogP contribution in [0.2, 0.25) is 0 Å². The zero-order valence-electron chi connectivity index (χ0n) is 13.6. The summed E-state index contributed by atoms with van der Waals surface area (Å²) in [7, 11) is 3.35. The van der Waals surface area contributed by atoms with Gasteiger partial charge < -0.3 is 9.47 Å². The fourth-order valence-corrected chi connectivity index (χ4v) is 2.84. The van der Waals surface area contributed by atoms with Gasteiger partial charge in [0.1, 0.15) is 23.6 Å². The Morgan fingerprint density at radius 3 is 2.78 bits per heavy atom. The summed E-state index contributed by atoms with van der Waals surface area (Å²) in [6, 6.07) is 10.0. The molecule has 1 aromatic carbocycles. The summed E-state index contributed by atoms with van der Waals surface area (Å²) >= 11 is 0. The molecule has 2 N–H and O–H groups in total. The second-order valence-electron chi connectivity index (χ2n) is 5.47. The molecule has 1 aliphatic rings. The summed E-state index contributed by atoms with van der Waals surface area (Å²) in [5, 5.41) is 0. The van der Waals surface area contributed by atoms with E-state index < -0.39 is 0 Å². The first-order valence-electron chi connectivity index (χ1n) is 7.82. The van der Waals surface area contributed by atoms with Gasteiger partial charge in [-0.05, 0) is 30.7 Å². The molecular formula is C19H22N2O2+2. The number of pyridine rings is 1. The molecule has 2 aromatic rings.